The Morgan fingerprint density at radius 2 is 1.64 bits per heavy atom. The highest BCUT2D eigenvalue weighted by atomic mass is 19.4. The lowest BCUT2D eigenvalue weighted by molar-refractivity contribution is -0.139. The second-order valence-electron chi connectivity index (χ2n) is 4.49. The van der Waals surface area contributed by atoms with Crippen molar-refractivity contribution in [2.45, 2.75) is 12.8 Å². The van der Waals surface area contributed by atoms with Crippen molar-refractivity contribution in [2.75, 3.05) is 0 Å². The van der Waals surface area contributed by atoms with E-state index < -0.39 is 35.9 Å². The Labute approximate surface area is 123 Å². The number of hydrogen-bond acceptors (Lipinski definition) is 3. The van der Waals surface area contributed by atoms with Crippen LogP contribution in [0.5, 0.6) is 5.75 Å². The maximum atomic E-state index is 14.1. The van der Waals surface area contributed by atoms with Gasteiger partial charge in [-0.25, -0.2) is 4.39 Å². The predicted octanol–water partition coefficient (Wildman–Crippen LogP) is 2.10. The van der Waals surface area contributed by atoms with Gasteiger partial charge in [0.1, 0.15) is 12.2 Å². The Morgan fingerprint density at radius 3 is 2.18 bits per heavy atom. The maximum Gasteiger partial charge on any atom is 0.491 e. The molecule has 0 saturated carbocycles. The van der Waals surface area contributed by atoms with Gasteiger partial charge in [-0.2, -0.15) is 13.2 Å². The smallest absolute Gasteiger partial charge is 0.485 e. The van der Waals surface area contributed by atoms with Gasteiger partial charge in [-0.3, -0.25) is 0 Å². The fraction of sp³-hybridized carbons (Fsp3) is 0.143. The summed E-state index contributed by atoms with van der Waals surface area (Å²) in [6.07, 6.45) is -4.83. The van der Waals surface area contributed by atoms with Crippen LogP contribution < -0.4 is 10.2 Å². The number of ether oxygens (including phenoxy) is 1. The van der Waals surface area contributed by atoms with Crippen LogP contribution in [0.3, 0.4) is 0 Å². The van der Waals surface area contributed by atoms with Crippen LogP contribution in [-0.4, -0.2) is 17.2 Å². The molecule has 0 aliphatic heterocycles. The Balaban J connectivity index is 2.39. The normalized spacial score (nSPS) is 11.4. The summed E-state index contributed by atoms with van der Waals surface area (Å²) < 4.78 is 57.8. The van der Waals surface area contributed by atoms with Gasteiger partial charge in [-0.1, -0.05) is 36.4 Å². The summed E-state index contributed by atoms with van der Waals surface area (Å²) in [6.45, 7) is -0.286. The molecule has 2 rings (SSSR count). The fourth-order valence-corrected chi connectivity index (χ4v) is 1.86. The van der Waals surface area contributed by atoms with Crippen LogP contribution in [0, 0.1) is 5.82 Å². The number of rotatable bonds is 4. The van der Waals surface area contributed by atoms with Crippen LogP contribution in [-0.2, 0) is 12.8 Å². The molecule has 8 heteroatoms. The second kappa shape index (κ2) is 6.37. The highest BCUT2D eigenvalue weighted by molar-refractivity contribution is 6.58. The highest BCUT2D eigenvalue weighted by Gasteiger charge is 2.37. The molecule has 0 unspecified atom stereocenters. The molecule has 0 aromatic heterocycles. The zero-order valence-corrected chi connectivity index (χ0v) is 11.1. The zero-order chi connectivity index (χ0) is 16.3. The lowest BCUT2D eigenvalue weighted by Crippen LogP contribution is -2.33. The minimum Gasteiger partial charge on any atom is -0.485 e. The SMILES string of the molecule is OB(O)c1ccc(C(F)(F)F)c(OCc2ccccc2)c1F. The average Bonchev–Trinajstić information content (AvgIpc) is 2.45. The maximum absolute atomic E-state index is 14.1. The molecule has 0 amide bonds. The Morgan fingerprint density at radius 1 is 1.00 bits per heavy atom. The number of hydrogen-bond donors (Lipinski definition) is 2. The Bertz CT molecular complexity index is 645. The molecule has 2 N–H and O–H groups in total. The van der Waals surface area contributed by atoms with E-state index in [0.717, 1.165) is 0 Å². The molecular weight excluding hydrogens is 303 g/mol. The summed E-state index contributed by atoms with van der Waals surface area (Å²) in [7, 11) is -2.23. The van der Waals surface area contributed by atoms with Gasteiger partial charge in [-0.15, -0.1) is 0 Å². The van der Waals surface area contributed by atoms with Crippen LogP contribution in [0.2, 0.25) is 0 Å². The van der Waals surface area contributed by atoms with Crippen LogP contribution in [0.1, 0.15) is 11.1 Å². The summed E-state index contributed by atoms with van der Waals surface area (Å²) in [4.78, 5) is 0. The predicted molar refractivity (Wildman–Crippen MR) is 72.0 cm³/mol. The van der Waals surface area contributed by atoms with E-state index in [4.69, 9.17) is 14.8 Å². The lowest BCUT2D eigenvalue weighted by atomic mass is 9.79. The first-order chi connectivity index (χ1) is 10.3. The van der Waals surface area contributed by atoms with Gasteiger partial charge in [0.05, 0.1) is 0 Å². The van der Waals surface area contributed by atoms with Gasteiger partial charge in [0.2, 0.25) is 0 Å². The van der Waals surface area contributed by atoms with Crippen molar-refractivity contribution in [3.63, 3.8) is 0 Å². The standard InChI is InChI=1S/C14H11BF4O3/c16-12-11(15(20)21)7-6-10(14(17,18)19)13(12)22-8-9-4-2-1-3-5-9/h1-7,20-21H,8H2. The minimum atomic E-state index is -4.83. The van der Waals surface area contributed by atoms with E-state index in [-0.39, 0.29) is 6.61 Å². The molecule has 2 aromatic rings. The van der Waals surface area contributed by atoms with Gasteiger partial charge >= 0.3 is 13.3 Å². The van der Waals surface area contributed by atoms with Crippen molar-refractivity contribution in [1.82, 2.24) is 0 Å². The van der Waals surface area contributed by atoms with E-state index in [0.29, 0.717) is 17.7 Å². The summed E-state index contributed by atoms with van der Waals surface area (Å²) in [5.41, 5.74) is -1.45. The van der Waals surface area contributed by atoms with E-state index in [2.05, 4.69) is 0 Å². The molecule has 22 heavy (non-hydrogen) atoms. The zero-order valence-electron chi connectivity index (χ0n) is 11.1. The van der Waals surface area contributed by atoms with E-state index >= 15 is 0 Å². The Hall–Kier alpha value is -2.06. The first-order valence-electron chi connectivity index (χ1n) is 6.23. The molecule has 0 bridgehead atoms. The highest BCUT2D eigenvalue weighted by Crippen LogP contribution is 2.37. The number of benzene rings is 2. The van der Waals surface area contributed by atoms with E-state index in [9.17, 15) is 17.6 Å². The molecule has 0 aliphatic rings. The van der Waals surface area contributed by atoms with Gasteiger partial charge in [0.15, 0.2) is 11.6 Å². The summed E-state index contributed by atoms with van der Waals surface area (Å²) >= 11 is 0. The van der Waals surface area contributed by atoms with Gasteiger partial charge in [-0.05, 0) is 11.6 Å². The van der Waals surface area contributed by atoms with Crippen molar-refractivity contribution in [3.8, 4) is 5.75 Å². The molecule has 0 radical (unpaired) electrons. The molecule has 0 heterocycles. The largest absolute Gasteiger partial charge is 0.491 e. The van der Waals surface area contributed by atoms with Crippen LogP contribution in [0.25, 0.3) is 0 Å². The second-order valence-corrected chi connectivity index (χ2v) is 4.49. The number of halogens is 4. The molecule has 3 nitrogen and oxygen atoms in total. The van der Waals surface area contributed by atoms with E-state index in [1.165, 1.54) is 0 Å². The summed E-state index contributed by atoms with van der Waals surface area (Å²) in [5.74, 6) is -2.50. The summed E-state index contributed by atoms with van der Waals surface area (Å²) in [5, 5.41) is 18.0. The van der Waals surface area contributed by atoms with Crippen molar-refractivity contribution in [3.05, 3.63) is 59.4 Å². The van der Waals surface area contributed by atoms with E-state index in [1.54, 1.807) is 30.3 Å². The third-order valence-electron chi connectivity index (χ3n) is 2.94. The molecule has 0 fully saturated rings. The number of alkyl halides is 3. The molecule has 0 saturated heterocycles. The monoisotopic (exact) mass is 314 g/mol. The van der Waals surface area contributed by atoms with Crippen molar-refractivity contribution < 1.29 is 32.3 Å². The lowest BCUT2D eigenvalue weighted by Gasteiger charge is -2.16. The van der Waals surface area contributed by atoms with Gasteiger partial charge < -0.3 is 14.8 Å². The molecule has 0 aliphatic carbocycles. The first-order valence-corrected chi connectivity index (χ1v) is 6.23. The first kappa shape index (κ1) is 16.3. The van der Waals surface area contributed by atoms with Crippen LogP contribution in [0.4, 0.5) is 17.6 Å². The van der Waals surface area contributed by atoms with Crippen molar-refractivity contribution >= 4 is 12.6 Å². The minimum absolute atomic E-state index is 0.286. The molecule has 116 valence electrons. The molecule has 0 atom stereocenters. The quantitative estimate of drug-likeness (QED) is 0.671. The van der Waals surface area contributed by atoms with Gasteiger partial charge in [0.25, 0.3) is 0 Å². The molecule has 2 aromatic carbocycles. The third kappa shape index (κ3) is 3.58. The Kier molecular flexibility index (Phi) is 4.73. The molecule has 0 spiro atoms. The van der Waals surface area contributed by atoms with Crippen molar-refractivity contribution in [2.24, 2.45) is 0 Å². The third-order valence-corrected chi connectivity index (χ3v) is 2.94. The summed E-state index contributed by atoms with van der Waals surface area (Å²) in [6, 6.07) is 9.47. The topological polar surface area (TPSA) is 49.7 Å². The van der Waals surface area contributed by atoms with E-state index in [1.807, 2.05) is 0 Å². The van der Waals surface area contributed by atoms with Crippen LogP contribution >= 0.6 is 0 Å². The molecular formula is C14H11BF4O3. The fourth-order valence-electron chi connectivity index (χ4n) is 1.86. The average molecular weight is 314 g/mol. The van der Waals surface area contributed by atoms with Crippen molar-refractivity contribution in [1.29, 1.82) is 0 Å². The van der Waals surface area contributed by atoms with Gasteiger partial charge in [0, 0.05) is 5.46 Å². The van der Waals surface area contributed by atoms with Crippen LogP contribution in [0.15, 0.2) is 42.5 Å².